The lowest BCUT2D eigenvalue weighted by Gasteiger charge is -2.26. The van der Waals surface area contributed by atoms with Gasteiger partial charge in [0.05, 0.1) is 0 Å². The van der Waals surface area contributed by atoms with Gasteiger partial charge in [-0.1, -0.05) is 19.3 Å². The molecule has 0 radical (unpaired) electrons. The molecule has 0 unspecified atom stereocenters. The van der Waals surface area contributed by atoms with E-state index in [1.807, 2.05) is 17.0 Å². The molecule has 1 aromatic heterocycles. The van der Waals surface area contributed by atoms with Gasteiger partial charge in [0.15, 0.2) is 0 Å². The summed E-state index contributed by atoms with van der Waals surface area (Å²) in [5, 5.41) is 9.65. The zero-order chi connectivity index (χ0) is 14.7. The van der Waals surface area contributed by atoms with Crippen molar-refractivity contribution in [1.29, 1.82) is 0 Å². The molecule has 1 aromatic rings. The van der Waals surface area contributed by atoms with Gasteiger partial charge in [0, 0.05) is 49.8 Å². The van der Waals surface area contributed by atoms with Gasteiger partial charge in [-0.2, -0.15) is 0 Å². The van der Waals surface area contributed by atoms with E-state index in [0.29, 0.717) is 12.5 Å². The van der Waals surface area contributed by atoms with E-state index >= 15 is 0 Å². The van der Waals surface area contributed by atoms with Gasteiger partial charge < -0.3 is 10.0 Å². The van der Waals surface area contributed by atoms with E-state index in [4.69, 9.17) is 0 Å². The number of hydrogen-bond acceptors (Lipinski definition) is 3. The number of aliphatic hydroxyl groups is 1. The first-order valence-corrected chi connectivity index (χ1v) is 8.09. The summed E-state index contributed by atoms with van der Waals surface area (Å²) in [6.07, 6.45) is 9.29. The summed E-state index contributed by atoms with van der Waals surface area (Å²) in [7, 11) is 0. The zero-order valence-electron chi connectivity index (χ0n) is 12.4. The van der Waals surface area contributed by atoms with Crippen molar-refractivity contribution in [2.45, 2.75) is 38.0 Å². The fourth-order valence-electron chi connectivity index (χ4n) is 3.83. The highest BCUT2D eigenvalue weighted by molar-refractivity contribution is 5.79. The Kier molecular flexibility index (Phi) is 4.54. The van der Waals surface area contributed by atoms with Gasteiger partial charge in [0.25, 0.3) is 0 Å². The molecule has 1 aliphatic heterocycles. The Morgan fingerprint density at radius 2 is 1.90 bits per heavy atom. The summed E-state index contributed by atoms with van der Waals surface area (Å²) in [6.45, 7) is 1.57. The Morgan fingerprint density at radius 1 is 1.19 bits per heavy atom. The highest BCUT2D eigenvalue weighted by Gasteiger charge is 2.37. The maximum atomic E-state index is 12.7. The molecule has 114 valence electrons. The van der Waals surface area contributed by atoms with Crippen LogP contribution in [0, 0.1) is 11.8 Å². The Bertz CT molecular complexity index is 471. The minimum Gasteiger partial charge on any atom is -0.396 e. The first-order valence-electron chi connectivity index (χ1n) is 8.09. The lowest BCUT2D eigenvalue weighted by atomic mass is 9.88. The first-order chi connectivity index (χ1) is 10.3. The summed E-state index contributed by atoms with van der Waals surface area (Å²) < 4.78 is 0. The molecule has 0 aromatic carbocycles. The van der Waals surface area contributed by atoms with E-state index < -0.39 is 0 Å². The summed E-state index contributed by atoms with van der Waals surface area (Å²) in [6, 6.07) is 4.00. The van der Waals surface area contributed by atoms with E-state index in [9.17, 15) is 9.90 Å². The number of aromatic nitrogens is 1. The number of hydrogen-bond donors (Lipinski definition) is 1. The molecule has 2 atom stereocenters. The molecule has 21 heavy (non-hydrogen) atoms. The number of carbonyl (C=O) groups excluding carboxylic acids is 1. The quantitative estimate of drug-likeness (QED) is 0.927. The Labute approximate surface area is 126 Å². The van der Waals surface area contributed by atoms with Crippen molar-refractivity contribution in [3.63, 3.8) is 0 Å². The second-order valence-corrected chi connectivity index (χ2v) is 6.41. The van der Waals surface area contributed by atoms with Crippen molar-refractivity contribution in [2.24, 2.45) is 11.8 Å². The molecule has 0 spiro atoms. The van der Waals surface area contributed by atoms with Crippen molar-refractivity contribution < 1.29 is 9.90 Å². The minimum absolute atomic E-state index is 0.140. The minimum atomic E-state index is 0.140. The van der Waals surface area contributed by atoms with Crippen LogP contribution in [-0.4, -0.2) is 40.6 Å². The van der Waals surface area contributed by atoms with E-state index in [1.165, 1.54) is 24.8 Å². The van der Waals surface area contributed by atoms with Crippen LogP contribution in [0.15, 0.2) is 24.5 Å². The normalized spacial score (nSPS) is 27.0. The fourth-order valence-corrected chi connectivity index (χ4v) is 3.83. The van der Waals surface area contributed by atoms with E-state index in [0.717, 1.165) is 19.4 Å². The van der Waals surface area contributed by atoms with Crippen LogP contribution in [0.25, 0.3) is 0 Å². The van der Waals surface area contributed by atoms with Crippen LogP contribution in [0.1, 0.15) is 43.6 Å². The van der Waals surface area contributed by atoms with Crippen LogP contribution in [0.3, 0.4) is 0 Å². The molecule has 4 heteroatoms. The molecule has 3 rings (SSSR count). The summed E-state index contributed by atoms with van der Waals surface area (Å²) in [5.41, 5.74) is 1.18. The number of nitrogens with zero attached hydrogens (tertiary/aromatic N) is 2. The Balaban J connectivity index is 1.70. The Hall–Kier alpha value is -1.42. The third kappa shape index (κ3) is 3.10. The van der Waals surface area contributed by atoms with Gasteiger partial charge in [0.2, 0.25) is 5.91 Å². The summed E-state index contributed by atoms with van der Waals surface area (Å²) >= 11 is 0. The van der Waals surface area contributed by atoms with Crippen molar-refractivity contribution >= 4 is 5.91 Å². The van der Waals surface area contributed by atoms with E-state index in [2.05, 4.69) is 4.98 Å². The van der Waals surface area contributed by atoms with Crippen LogP contribution >= 0.6 is 0 Å². The molecule has 1 amide bonds. The molecule has 2 fully saturated rings. The first kappa shape index (κ1) is 14.5. The smallest absolute Gasteiger partial charge is 0.225 e. The van der Waals surface area contributed by atoms with Gasteiger partial charge in [-0.15, -0.1) is 0 Å². The fraction of sp³-hybridized carbons (Fsp3) is 0.647. The summed E-state index contributed by atoms with van der Waals surface area (Å²) in [4.78, 5) is 18.7. The van der Waals surface area contributed by atoms with Gasteiger partial charge in [-0.3, -0.25) is 9.78 Å². The molecule has 1 saturated heterocycles. The largest absolute Gasteiger partial charge is 0.396 e. The average Bonchev–Trinajstić information content (AvgIpc) is 3.00. The third-order valence-electron chi connectivity index (χ3n) is 5.08. The molecule has 4 nitrogen and oxygen atoms in total. The van der Waals surface area contributed by atoms with Crippen molar-refractivity contribution in [3.05, 3.63) is 30.1 Å². The molecule has 1 saturated carbocycles. The molecular weight excluding hydrogens is 264 g/mol. The number of carbonyl (C=O) groups is 1. The number of rotatable bonds is 3. The molecule has 1 N–H and O–H groups in total. The highest BCUT2D eigenvalue weighted by Crippen LogP contribution is 2.34. The Morgan fingerprint density at radius 3 is 2.57 bits per heavy atom. The van der Waals surface area contributed by atoms with E-state index in [1.54, 1.807) is 12.4 Å². The van der Waals surface area contributed by atoms with Crippen LogP contribution < -0.4 is 0 Å². The number of likely N-dealkylation sites (tertiary alicyclic amines) is 1. The maximum Gasteiger partial charge on any atom is 0.225 e. The topological polar surface area (TPSA) is 53.4 Å². The predicted molar refractivity (Wildman–Crippen MR) is 80.7 cm³/mol. The highest BCUT2D eigenvalue weighted by atomic mass is 16.3. The van der Waals surface area contributed by atoms with Gasteiger partial charge >= 0.3 is 0 Å². The number of aliphatic hydroxyl groups excluding tert-OH is 1. The van der Waals surface area contributed by atoms with Crippen LogP contribution in [0.5, 0.6) is 0 Å². The van der Waals surface area contributed by atoms with Crippen molar-refractivity contribution in [1.82, 2.24) is 9.88 Å². The molecule has 2 heterocycles. The standard InChI is InChI=1S/C17H24N2O2/c20-12-15-10-19(17(21)14-4-2-1-3-5-14)11-16(15)13-6-8-18-9-7-13/h6-9,14-16,20H,1-5,10-12H2/t15-,16-/m0/s1. The lowest BCUT2D eigenvalue weighted by Crippen LogP contribution is -2.35. The average molecular weight is 288 g/mol. The zero-order valence-corrected chi connectivity index (χ0v) is 12.4. The monoisotopic (exact) mass is 288 g/mol. The van der Waals surface area contributed by atoms with Crippen LogP contribution in [0.2, 0.25) is 0 Å². The third-order valence-corrected chi connectivity index (χ3v) is 5.08. The summed E-state index contributed by atoms with van der Waals surface area (Å²) in [5.74, 6) is 0.921. The van der Waals surface area contributed by atoms with Gasteiger partial charge in [0.1, 0.15) is 0 Å². The lowest BCUT2D eigenvalue weighted by molar-refractivity contribution is -0.135. The van der Waals surface area contributed by atoms with Gasteiger partial charge in [-0.05, 0) is 30.5 Å². The molecule has 0 bridgehead atoms. The second kappa shape index (κ2) is 6.56. The molecular formula is C17H24N2O2. The van der Waals surface area contributed by atoms with Crippen molar-refractivity contribution in [2.75, 3.05) is 19.7 Å². The predicted octanol–water partition coefficient (Wildman–Crippen LogP) is 2.20. The number of amides is 1. The van der Waals surface area contributed by atoms with Gasteiger partial charge in [-0.25, -0.2) is 0 Å². The van der Waals surface area contributed by atoms with Crippen molar-refractivity contribution in [3.8, 4) is 0 Å². The molecule has 2 aliphatic rings. The van der Waals surface area contributed by atoms with E-state index in [-0.39, 0.29) is 24.4 Å². The maximum absolute atomic E-state index is 12.7. The number of pyridine rings is 1. The van der Waals surface area contributed by atoms with Crippen LogP contribution in [-0.2, 0) is 4.79 Å². The van der Waals surface area contributed by atoms with Crippen LogP contribution in [0.4, 0.5) is 0 Å². The molecule has 1 aliphatic carbocycles. The SMILES string of the molecule is O=C(C1CCCCC1)N1C[C@@H](CO)[C@H](c2ccncc2)C1. The second-order valence-electron chi connectivity index (χ2n) is 6.41.